The van der Waals surface area contributed by atoms with Crippen LogP contribution in [0.1, 0.15) is 5.56 Å². The summed E-state index contributed by atoms with van der Waals surface area (Å²) in [6.45, 7) is 0. The Kier molecular flexibility index (Phi) is 3.61. The molecule has 0 fully saturated rings. The number of halogens is 2. The van der Waals surface area contributed by atoms with Gasteiger partial charge < -0.3 is 10.2 Å². The molecule has 19 heavy (non-hydrogen) atoms. The smallest absolute Gasteiger partial charge is 0.151 e. The molecule has 6 heteroatoms. The molecule has 0 aromatic heterocycles. The first-order valence-electron chi connectivity index (χ1n) is 5.32. The number of rotatable bonds is 3. The van der Waals surface area contributed by atoms with Crippen molar-refractivity contribution >= 4 is 11.9 Å². The molecular formula is C13H10F2N2O2. The Labute approximate surface area is 107 Å². The molecule has 0 aliphatic carbocycles. The van der Waals surface area contributed by atoms with E-state index in [1.807, 2.05) is 0 Å². The minimum atomic E-state index is -0.771. The van der Waals surface area contributed by atoms with Gasteiger partial charge in [0.2, 0.25) is 0 Å². The summed E-state index contributed by atoms with van der Waals surface area (Å²) in [5.41, 5.74) is 2.74. The van der Waals surface area contributed by atoms with Gasteiger partial charge in [0.15, 0.2) is 5.82 Å². The Balaban J connectivity index is 2.11. The number of hydrogen-bond donors (Lipinski definition) is 3. The topological polar surface area (TPSA) is 64.9 Å². The third-order valence-corrected chi connectivity index (χ3v) is 2.33. The molecule has 0 saturated carbocycles. The molecule has 2 aromatic carbocycles. The van der Waals surface area contributed by atoms with Crippen molar-refractivity contribution in [3.05, 3.63) is 53.6 Å². The van der Waals surface area contributed by atoms with E-state index in [-0.39, 0.29) is 17.2 Å². The molecule has 2 aromatic rings. The van der Waals surface area contributed by atoms with E-state index in [1.165, 1.54) is 24.4 Å². The molecule has 0 amide bonds. The van der Waals surface area contributed by atoms with Crippen LogP contribution in [-0.4, -0.2) is 16.4 Å². The SMILES string of the molecule is Oc1ccc(C=NNc2ccc(F)cc2F)c(O)c1. The summed E-state index contributed by atoms with van der Waals surface area (Å²) in [4.78, 5) is 0. The molecule has 0 heterocycles. The van der Waals surface area contributed by atoms with Crippen molar-refractivity contribution in [2.45, 2.75) is 0 Å². The lowest BCUT2D eigenvalue weighted by molar-refractivity contribution is 0.450. The summed E-state index contributed by atoms with van der Waals surface area (Å²) < 4.78 is 25.9. The van der Waals surface area contributed by atoms with Crippen LogP contribution < -0.4 is 5.43 Å². The Bertz CT molecular complexity index is 630. The lowest BCUT2D eigenvalue weighted by Crippen LogP contribution is -1.94. The minimum absolute atomic E-state index is 0.0101. The van der Waals surface area contributed by atoms with Crippen molar-refractivity contribution in [2.24, 2.45) is 5.10 Å². The number of anilines is 1. The van der Waals surface area contributed by atoms with Crippen LogP contribution in [-0.2, 0) is 0 Å². The van der Waals surface area contributed by atoms with E-state index in [0.29, 0.717) is 5.56 Å². The highest BCUT2D eigenvalue weighted by Crippen LogP contribution is 2.21. The lowest BCUT2D eigenvalue weighted by Gasteiger charge is -2.02. The molecule has 0 aliphatic heterocycles. The summed E-state index contributed by atoms with van der Waals surface area (Å²) in [5.74, 6) is -1.69. The Morgan fingerprint density at radius 2 is 1.84 bits per heavy atom. The summed E-state index contributed by atoms with van der Waals surface area (Å²) in [6, 6.07) is 7.00. The van der Waals surface area contributed by atoms with E-state index in [1.54, 1.807) is 0 Å². The second kappa shape index (κ2) is 5.34. The molecule has 0 saturated heterocycles. The molecule has 98 valence electrons. The fourth-order valence-corrected chi connectivity index (χ4v) is 1.39. The molecule has 0 radical (unpaired) electrons. The molecule has 0 atom stereocenters. The molecule has 4 nitrogen and oxygen atoms in total. The highest BCUT2D eigenvalue weighted by atomic mass is 19.1. The number of hydrogen-bond acceptors (Lipinski definition) is 4. The van der Waals surface area contributed by atoms with Crippen LogP contribution in [0, 0.1) is 11.6 Å². The summed E-state index contributed by atoms with van der Waals surface area (Å²) >= 11 is 0. The maximum Gasteiger partial charge on any atom is 0.151 e. The van der Waals surface area contributed by atoms with Crippen molar-refractivity contribution < 1.29 is 19.0 Å². The zero-order valence-electron chi connectivity index (χ0n) is 9.64. The molecule has 0 unspecified atom stereocenters. The van der Waals surface area contributed by atoms with Gasteiger partial charge in [-0.2, -0.15) is 5.10 Å². The standard InChI is InChI=1S/C13H10F2N2O2/c14-9-2-4-12(11(15)5-9)17-16-7-8-1-3-10(18)6-13(8)19/h1-7,17-19H. The average molecular weight is 264 g/mol. The first-order chi connectivity index (χ1) is 9.06. The second-order valence-electron chi connectivity index (χ2n) is 3.74. The van der Waals surface area contributed by atoms with Crippen LogP contribution in [0.3, 0.4) is 0 Å². The van der Waals surface area contributed by atoms with Gasteiger partial charge >= 0.3 is 0 Å². The van der Waals surface area contributed by atoms with E-state index in [9.17, 15) is 13.9 Å². The van der Waals surface area contributed by atoms with Gasteiger partial charge in [0.05, 0.1) is 11.9 Å². The highest BCUT2D eigenvalue weighted by Gasteiger charge is 2.02. The van der Waals surface area contributed by atoms with Crippen molar-refractivity contribution in [2.75, 3.05) is 5.43 Å². The monoisotopic (exact) mass is 264 g/mol. The molecule has 0 aliphatic rings. The van der Waals surface area contributed by atoms with Gasteiger partial charge in [-0.05, 0) is 24.3 Å². The van der Waals surface area contributed by atoms with Gasteiger partial charge in [0.25, 0.3) is 0 Å². The molecular weight excluding hydrogens is 254 g/mol. The number of phenols is 2. The molecule has 0 spiro atoms. The van der Waals surface area contributed by atoms with Crippen LogP contribution >= 0.6 is 0 Å². The first-order valence-corrected chi connectivity index (χ1v) is 5.32. The Morgan fingerprint density at radius 1 is 1.05 bits per heavy atom. The van der Waals surface area contributed by atoms with E-state index >= 15 is 0 Å². The quantitative estimate of drug-likeness (QED) is 0.590. The van der Waals surface area contributed by atoms with Gasteiger partial charge in [-0.25, -0.2) is 8.78 Å². The number of nitrogens with one attached hydrogen (secondary N) is 1. The number of benzene rings is 2. The fraction of sp³-hybridized carbons (Fsp3) is 0. The third kappa shape index (κ3) is 3.19. The van der Waals surface area contributed by atoms with Gasteiger partial charge in [-0.15, -0.1) is 0 Å². The summed E-state index contributed by atoms with van der Waals surface area (Å²) in [5, 5.41) is 22.3. The first kappa shape index (κ1) is 12.8. The maximum absolute atomic E-state index is 13.2. The van der Waals surface area contributed by atoms with E-state index in [4.69, 9.17) is 5.11 Å². The Morgan fingerprint density at radius 3 is 2.53 bits per heavy atom. The van der Waals surface area contributed by atoms with E-state index in [2.05, 4.69) is 10.5 Å². The van der Waals surface area contributed by atoms with Crippen molar-refractivity contribution in [1.29, 1.82) is 0 Å². The minimum Gasteiger partial charge on any atom is -0.508 e. The molecule has 0 bridgehead atoms. The van der Waals surface area contributed by atoms with Crippen molar-refractivity contribution in [3.63, 3.8) is 0 Å². The van der Waals surface area contributed by atoms with Crippen LogP contribution in [0.25, 0.3) is 0 Å². The van der Waals surface area contributed by atoms with Crippen LogP contribution in [0.4, 0.5) is 14.5 Å². The Hall–Kier alpha value is -2.63. The number of nitrogens with zero attached hydrogens (tertiary/aromatic N) is 1. The molecule has 2 rings (SSSR count). The zero-order valence-corrected chi connectivity index (χ0v) is 9.64. The average Bonchev–Trinajstić information content (AvgIpc) is 2.34. The maximum atomic E-state index is 13.2. The van der Waals surface area contributed by atoms with Gasteiger partial charge in [0, 0.05) is 17.7 Å². The lowest BCUT2D eigenvalue weighted by atomic mass is 10.2. The zero-order chi connectivity index (χ0) is 13.8. The largest absolute Gasteiger partial charge is 0.508 e. The van der Waals surface area contributed by atoms with Crippen LogP contribution in [0.15, 0.2) is 41.5 Å². The second-order valence-corrected chi connectivity index (χ2v) is 3.74. The van der Waals surface area contributed by atoms with Crippen LogP contribution in [0.5, 0.6) is 11.5 Å². The van der Waals surface area contributed by atoms with E-state index in [0.717, 1.165) is 18.2 Å². The normalized spacial score (nSPS) is 10.8. The van der Waals surface area contributed by atoms with E-state index < -0.39 is 11.6 Å². The van der Waals surface area contributed by atoms with Gasteiger partial charge in [-0.3, -0.25) is 5.43 Å². The van der Waals surface area contributed by atoms with Crippen molar-refractivity contribution in [1.82, 2.24) is 0 Å². The van der Waals surface area contributed by atoms with Crippen LogP contribution in [0.2, 0.25) is 0 Å². The molecule has 3 N–H and O–H groups in total. The van der Waals surface area contributed by atoms with Gasteiger partial charge in [0.1, 0.15) is 17.3 Å². The fourth-order valence-electron chi connectivity index (χ4n) is 1.39. The summed E-state index contributed by atoms with van der Waals surface area (Å²) in [6.07, 6.45) is 1.25. The number of aromatic hydroxyl groups is 2. The predicted octanol–water partition coefficient (Wildman–Crippen LogP) is 2.82. The number of hydrazone groups is 1. The highest BCUT2D eigenvalue weighted by molar-refractivity contribution is 5.84. The summed E-state index contributed by atoms with van der Waals surface area (Å²) in [7, 11) is 0. The predicted molar refractivity (Wildman–Crippen MR) is 67.3 cm³/mol. The third-order valence-electron chi connectivity index (χ3n) is 2.33. The van der Waals surface area contributed by atoms with Gasteiger partial charge in [-0.1, -0.05) is 0 Å². The number of phenolic OH excluding ortho intramolecular Hbond substituents is 2. The van der Waals surface area contributed by atoms with Crippen molar-refractivity contribution in [3.8, 4) is 11.5 Å².